The number of carbonyl (C=O) groups is 1. The van der Waals surface area contributed by atoms with Gasteiger partial charge in [-0.15, -0.1) is 0 Å². The van der Waals surface area contributed by atoms with E-state index in [1.54, 1.807) is 6.08 Å². The predicted molar refractivity (Wildman–Crippen MR) is 108 cm³/mol. The average Bonchev–Trinajstić information content (AvgIpc) is 2.91. The number of rotatable bonds is 6. The van der Waals surface area contributed by atoms with Gasteiger partial charge in [-0.05, 0) is 48.0 Å². The number of hydrogen-bond donors (Lipinski definition) is 1. The molecule has 0 spiro atoms. The standard InChI is InChI=1S/C18H14BrNO3S2/c19-13-4-6-14(7-5-13)22-8-9-23-15-3-1-2-12(10-15)11-16-17(21)20-18(24)25-16/h1-7,10-11H,8-9H2,(H,20,21,24)/b16-11-. The van der Waals surface area contributed by atoms with Gasteiger partial charge in [-0.3, -0.25) is 4.79 Å². The van der Waals surface area contributed by atoms with Crippen LogP contribution in [0.1, 0.15) is 5.56 Å². The second-order valence-electron chi connectivity index (χ2n) is 5.08. The number of carbonyl (C=O) groups excluding carboxylic acids is 1. The van der Waals surface area contributed by atoms with Crippen LogP contribution in [0.2, 0.25) is 0 Å². The van der Waals surface area contributed by atoms with E-state index in [9.17, 15) is 4.79 Å². The number of amides is 1. The second-order valence-corrected chi connectivity index (χ2v) is 7.71. The first kappa shape index (κ1) is 18.0. The summed E-state index contributed by atoms with van der Waals surface area (Å²) >= 11 is 9.63. The van der Waals surface area contributed by atoms with Crippen molar-refractivity contribution in [3.05, 3.63) is 63.5 Å². The third kappa shape index (κ3) is 5.32. The van der Waals surface area contributed by atoms with Gasteiger partial charge in [0.1, 0.15) is 29.0 Å². The Balaban J connectivity index is 1.53. The first-order valence-corrected chi connectivity index (χ1v) is 9.48. The van der Waals surface area contributed by atoms with Gasteiger partial charge in [0.05, 0.1) is 4.91 Å². The fourth-order valence-electron chi connectivity index (χ4n) is 2.12. The van der Waals surface area contributed by atoms with Crippen LogP contribution < -0.4 is 14.8 Å². The highest BCUT2D eigenvalue weighted by Gasteiger charge is 2.21. The Morgan fingerprint density at radius 1 is 1.08 bits per heavy atom. The molecule has 0 aliphatic carbocycles. The van der Waals surface area contributed by atoms with Crippen LogP contribution in [0.3, 0.4) is 0 Å². The molecule has 1 amide bonds. The van der Waals surface area contributed by atoms with Crippen LogP contribution in [-0.4, -0.2) is 23.4 Å². The minimum Gasteiger partial charge on any atom is -0.490 e. The highest BCUT2D eigenvalue weighted by atomic mass is 79.9. The quantitative estimate of drug-likeness (QED) is 0.414. The molecule has 2 aromatic rings. The molecular weight excluding hydrogens is 422 g/mol. The zero-order valence-electron chi connectivity index (χ0n) is 13.0. The second kappa shape index (κ2) is 8.51. The monoisotopic (exact) mass is 435 g/mol. The van der Waals surface area contributed by atoms with Crippen molar-refractivity contribution in [3.8, 4) is 11.5 Å². The van der Waals surface area contributed by atoms with E-state index in [0.717, 1.165) is 21.5 Å². The van der Waals surface area contributed by atoms with E-state index < -0.39 is 0 Å². The number of thiocarbonyl (C=S) groups is 1. The van der Waals surface area contributed by atoms with Crippen LogP contribution in [0.15, 0.2) is 57.9 Å². The van der Waals surface area contributed by atoms with Gasteiger partial charge in [0, 0.05) is 4.47 Å². The molecule has 0 bridgehead atoms. The summed E-state index contributed by atoms with van der Waals surface area (Å²) in [5.74, 6) is 1.36. The molecule has 0 atom stereocenters. The van der Waals surface area contributed by atoms with E-state index in [1.165, 1.54) is 11.8 Å². The molecule has 2 aromatic carbocycles. The lowest BCUT2D eigenvalue weighted by molar-refractivity contribution is -0.115. The third-order valence-electron chi connectivity index (χ3n) is 3.23. The van der Waals surface area contributed by atoms with Crippen molar-refractivity contribution < 1.29 is 14.3 Å². The Morgan fingerprint density at radius 2 is 1.80 bits per heavy atom. The third-order valence-corrected chi connectivity index (χ3v) is 4.92. The Hall–Kier alpha value is -1.83. The molecule has 0 saturated carbocycles. The van der Waals surface area contributed by atoms with Gasteiger partial charge in [0.15, 0.2) is 0 Å². The topological polar surface area (TPSA) is 47.6 Å². The van der Waals surface area contributed by atoms with E-state index in [1.807, 2.05) is 48.5 Å². The summed E-state index contributed by atoms with van der Waals surface area (Å²) in [6.07, 6.45) is 1.80. The SMILES string of the molecule is O=C1NC(=S)S/C1=C\c1cccc(OCCOc2ccc(Br)cc2)c1. The van der Waals surface area contributed by atoms with Crippen molar-refractivity contribution in [1.82, 2.24) is 5.32 Å². The van der Waals surface area contributed by atoms with Crippen LogP contribution in [0.4, 0.5) is 0 Å². The smallest absolute Gasteiger partial charge is 0.263 e. The summed E-state index contributed by atoms with van der Waals surface area (Å²) in [4.78, 5) is 12.3. The highest BCUT2D eigenvalue weighted by molar-refractivity contribution is 9.10. The Bertz CT molecular complexity index is 821. The van der Waals surface area contributed by atoms with Gasteiger partial charge < -0.3 is 14.8 Å². The Kier molecular flexibility index (Phi) is 6.12. The van der Waals surface area contributed by atoms with Crippen LogP contribution in [0.5, 0.6) is 11.5 Å². The first-order chi connectivity index (χ1) is 12.1. The van der Waals surface area contributed by atoms with Gasteiger partial charge in [-0.1, -0.05) is 52.0 Å². The van der Waals surface area contributed by atoms with Gasteiger partial charge in [0.2, 0.25) is 0 Å². The predicted octanol–water partition coefficient (Wildman–Crippen LogP) is 4.40. The van der Waals surface area contributed by atoms with Crippen LogP contribution in [0, 0.1) is 0 Å². The van der Waals surface area contributed by atoms with E-state index in [4.69, 9.17) is 21.7 Å². The molecule has 0 radical (unpaired) electrons. The molecule has 128 valence electrons. The summed E-state index contributed by atoms with van der Waals surface area (Å²) < 4.78 is 12.8. The number of nitrogens with one attached hydrogen (secondary N) is 1. The summed E-state index contributed by atoms with van der Waals surface area (Å²) in [5, 5.41) is 2.60. The van der Waals surface area contributed by atoms with E-state index in [0.29, 0.717) is 22.4 Å². The largest absolute Gasteiger partial charge is 0.490 e. The van der Waals surface area contributed by atoms with Crippen LogP contribution >= 0.6 is 39.9 Å². The summed E-state index contributed by atoms with van der Waals surface area (Å²) in [7, 11) is 0. The molecule has 1 saturated heterocycles. The van der Waals surface area contributed by atoms with Crippen molar-refractivity contribution in [3.63, 3.8) is 0 Å². The maximum atomic E-state index is 11.7. The van der Waals surface area contributed by atoms with Gasteiger partial charge in [-0.2, -0.15) is 0 Å². The lowest BCUT2D eigenvalue weighted by Gasteiger charge is -2.09. The fourth-order valence-corrected chi connectivity index (χ4v) is 3.42. The fraction of sp³-hybridized carbons (Fsp3) is 0.111. The van der Waals surface area contributed by atoms with E-state index in [2.05, 4.69) is 21.2 Å². The molecule has 1 aliphatic rings. The first-order valence-electron chi connectivity index (χ1n) is 7.46. The van der Waals surface area contributed by atoms with Gasteiger partial charge in [0.25, 0.3) is 5.91 Å². The van der Waals surface area contributed by atoms with Crippen molar-refractivity contribution >= 4 is 56.2 Å². The molecular formula is C18H14BrNO3S2. The molecule has 25 heavy (non-hydrogen) atoms. The molecule has 1 N–H and O–H groups in total. The number of benzene rings is 2. The summed E-state index contributed by atoms with van der Waals surface area (Å²) in [6, 6.07) is 15.2. The van der Waals surface area contributed by atoms with Crippen molar-refractivity contribution in [2.24, 2.45) is 0 Å². The zero-order valence-corrected chi connectivity index (χ0v) is 16.2. The molecule has 3 rings (SSSR count). The number of halogens is 1. The van der Waals surface area contributed by atoms with E-state index >= 15 is 0 Å². The highest BCUT2D eigenvalue weighted by Crippen LogP contribution is 2.26. The number of thioether (sulfide) groups is 1. The van der Waals surface area contributed by atoms with Crippen molar-refractivity contribution in [1.29, 1.82) is 0 Å². The molecule has 7 heteroatoms. The number of ether oxygens (including phenoxy) is 2. The number of hydrogen-bond acceptors (Lipinski definition) is 5. The molecule has 1 fully saturated rings. The molecule has 4 nitrogen and oxygen atoms in total. The van der Waals surface area contributed by atoms with Gasteiger partial charge in [-0.25, -0.2) is 0 Å². The summed E-state index contributed by atoms with van der Waals surface area (Å²) in [5.41, 5.74) is 0.883. The molecule has 1 aliphatic heterocycles. The maximum Gasteiger partial charge on any atom is 0.263 e. The molecule has 0 aromatic heterocycles. The lowest BCUT2D eigenvalue weighted by Crippen LogP contribution is -2.17. The minimum absolute atomic E-state index is 0.163. The van der Waals surface area contributed by atoms with Crippen LogP contribution in [0.25, 0.3) is 6.08 Å². The molecule has 1 heterocycles. The van der Waals surface area contributed by atoms with Crippen molar-refractivity contribution in [2.45, 2.75) is 0 Å². The van der Waals surface area contributed by atoms with Crippen LogP contribution in [-0.2, 0) is 4.79 Å². The Morgan fingerprint density at radius 3 is 2.48 bits per heavy atom. The minimum atomic E-state index is -0.163. The Labute approximate surface area is 163 Å². The average molecular weight is 436 g/mol. The zero-order chi connectivity index (χ0) is 17.6. The van der Waals surface area contributed by atoms with Crippen molar-refractivity contribution in [2.75, 3.05) is 13.2 Å². The normalized spacial score (nSPS) is 15.3. The maximum absolute atomic E-state index is 11.7. The van der Waals surface area contributed by atoms with E-state index in [-0.39, 0.29) is 5.91 Å². The lowest BCUT2D eigenvalue weighted by atomic mass is 10.2. The molecule has 0 unspecified atom stereocenters. The van der Waals surface area contributed by atoms with Gasteiger partial charge >= 0.3 is 0 Å². The summed E-state index contributed by atoms with van der Waals surface area (Å²) in [6.45, 7) is 0.870.